The number of methoxy groups -OCH3 is 2. The maximum absolute atomic E-state index is 9.62. The molecular weight excluding hydrogens is 186 g/mol. The zero-order chi connectivity index (χ0) is 10.6. The third kappa shape index (κ3) is 1.71. The van der Waals surface area contributed by atoms with Crippen LogP contribution in [0, 0.1) is 0 Å². The van der Waals surface area contributed by atoms with E-state index < -0.39 is 0 Å². The van der Waals surface area contributed by atoms with E-state index in [0.717, 1.165) is 6.21 Å². The zero-order valence-electron chi connectivity index (χ0n) is 7.89. The van der Waals surface area contributed by atoms with Gasteiger partial charge < -0.3 is 19.8 Å². The molecule has 0 atom stereocenters. The molecule has 5 nitrogen and oxygen atoms in total. The second-order valence-corrected chi connectivity index (χ2v) is 2.48. The number of phenols is 1. The van der Waals surface area contributed by atoms with Gasteiger partial charge in [0, 0.05) is 5.56 Å². The summed E-state index contributed by atoms with van der Waals surface area (Å²) in [7, 11) is 2.88. The van der Waals surface area contributed by atoms with Crippen molar-refractivity contribution in [3.63, 3.8) is 0 Å². The molecule has 0 spiro atoms. The fourth-order valence-corrected chi connectivity index (χ4v) is 1.09. The van der Waals surface area contributed by atoms with Crippen molar-refractivity contribution in [3.8, 4) is 17.2 Å². The lowest BCUT2D eigenvalue weighted by atomic mass is 10.2. The Kier molecular flexibility index (Phi) is 3.17. The molecule has 0 aromatic heterocycles. The lowest BCUT2D eigenvalue weighted by Crippen LogP contribution is -1.93. The molecule has 0 saturated heterocycles. The Morgan fingerprint density at radius 3 is 2.50 bits per heavy atom. The van der Waals surface area contributed by atoms with Crippen molar-refractivity contribution in [2.24, 2.45) is 5.16 Å². The minimum atomic E-state index is -0.121. The van der Waals surface area contributed by atoms with Gasteiger partial charge in [-0.2, -0.15) is 0 Å². The third-order valence-corrected chi connectivity index (χ3v) is 1.75. The Labute approximate surface area is 81.2 Å². The van der Waals surface area contributed by atoms with Crippen molar-refractivity contribution in [3.05, 3.63) is 17.7 Å². The molecule has 0 radical (unpaired) electrons. The summed E-state index contributed by atoms with van der Waals surface area (Å²) in [4.78, 5) is 0. The topological polar surface area (TPSA) is 71.3 Å². The normalized spacial score (nSPS) is 10.4. The standard InChI is InChI=1S/C9H11NO4/c1-13-7-4-3-6(5-10-12)8(11)9(7)14-2/h3-5,11-12H,1-2H3/b10-5+. The van der Waals surface area contributed by atoms with E-state index in [-0.39, 0.29) is 11.5 Å². The Hall–Kier alpha value is -1.91. The van der Waals surface area contributed by atoms with Crippen LogP contribution in [0.2, 0.25) is 0 Å². The smallest absolute Gasteiger partial charge is 0.203 e. The van der Waals surface area contributed by atoms with Crippen LogP contribution in [0.25, 0.3) is 0 Å². The Bertz CT molecular complexity index is 349. The summed E-state index contributed by atoms with van der Waals surface area (Å²) in [5.41, 5.74) is 0.352. The van der Waals surface area contributed by atoms with E-state index in [4.69, 9.17) is 14.7 Å². The van der Waals surface area contributed by atoms with Gasteiger partial charge in [-0.25, -0.2) is 0 Å². The summed E-state index contributed by atoms with van der Waals surface area (Å²) in [6, 6.07) is 3.16. The van der Waals surface area contributed by atoms with E-state index in [2.05, 4.69) is 5.16 Å². The SMILES string of the molecule is COc1ccc(/C=N/O)c(O)c1OC. The number of aromatic hydroxyl groups is 1. The van der Waals surface area contributed by atoms with Gasteiger partial charge in [0.15, 0.2) is 11.5 Å². The average molecular weight is 197 g/mol. The van der Waals surface area contributed by atoms with Crippen LogP contribution in [0.5, 0.6) is 17.2 Å². The van der Waals surface area contributed by atoms with E-state index in [1.54, 1.807) is 12.1 Å². The summed E-state index contributed by atoms with van der Waals surface area (Å²) >= 11 is 0. The minimum Gasteiger partial charge on any atom is -0.504 e. The summed E-state index contributed by atoms with van der Waals surface area (Å²) in [5.74, 6) is 0.509. The van der Waals surface area contributed by atoms with Gasteiger partial charge in [0.25, 0.3) is 0 Å². The number of oxime groups is 1. The fraction of sp³-hybridized carbons (Fsp3) is 0.222. The molecule has 1 aromatic rings. The number of nitrogens with zero attached hydrogens (tertiary/aromatic N) is 1. The summed E-state index contributed by atoms with van der Waals surface area (Å²) in [5, 5.41) is 20.8. The molecule has 0 amide bonds. The molecule has 0 fully saturated rings. The summed E-state index contributed by atoms with van der Waals surface area (Å²) in [6.45, 7) is 0. The third-order valence-electron chi connectivity index (χ3n) is 1.75. The van der Waals surface area contributed by atoms with Gasteiger partial charge in [-0.1, -0.05) is 5.16 Å². The average Bonchev–Trinajstić information content (AvgIpc) is 2.21. The highest BCUT2D eigenvalue weighted by atomic mass is 16.5. The fourth-order valence-electron chi connectivity index (χ4n) is 1.09. The molecule has 14 heavy (non-hydrogen) atoms. The maximum atomic E-state index is 9.62. The minimum absolute atomic E-state index is 0.121. The molecule has 1 rings (SSSR count). The van der Waals surface area contributed by atoms with Crippen LogP contribution in [0.1, 0.15) is 5.56 Å². The number of hydrogen-bond acceptors (Lipinski definition) is 5. The van der Waals surface area contributed by atoms with Crippen LogP contribution >= 0.6 is 0 Å². The van der Waals surface area contributed by atoms with Gasteiger partial charge in [0.05, 0.1) is 20.4 Å². The predicted octanol–water partition coefficient (Wildman–Crippen LogP) is 1.22. The lowest BCUT2D eigenvalue weighted by Gasteiger charge is -2.10. The van der Waals surface area contributed by atoms with Gasteiger partial charge in [0.2, 0.25) is 5.75 Å². The van der Waals surface area contributed by atoms with Crippen LogP contribution in [0.15, 0.2) is 17.3 Å². The van der Waals surface area contributed by atoms with E-state index in [0.29, 0.717) is 11.3 Å². The van der Waals surface area contributed by atoms with Crippen LogP contribution in [0.4, 0.5) is 0 Å². The van der Waals surface area contributed by atoms with Crippen molar-refractivity contribution >= 4 is 6.21 Å². The van der Waals surface area contributed by atoms with E-state index in [9.17, 15) is 5.11 Å². The number of phenolic OH excluding ortho intramolecular Hbond substituents is 1. The van der Waals surface area contributed by atoms with Gasteiger partial charge >= 0.3 is 0 Å². The first-order chi connectivity index (χ1) is 6.74. The van der Waals surface area contributed by atoms with E-state index in [1.807, 2.05) is 0 Å². The summed E-state index contributed by atoms with van der Waals surface area (Å²) < 4.78 is 9.89. The number of hydrogen-bond donors (Lipinski definition) is 2. The first-order valence-corrected chi connectivity index (χ1v) is 3.86. The van der Waals surface area contributed by atoms with Gasteiger partial charge in [-0.15, -0.1) is 0 Å². The van der Waals surface area contributed by atoms with Gasteiger partial charge in [-0.05, 0) is 12.1 Å². The monoisotopic (exact) mass is 197 g/mol. The Morgan fingerprint density at radius 2 is 2.00 bits per heavy atom. The molecule has 0 saturated carbocycles. The molecule has 1 aromatic carbocycles. The lowest BCUT2D eigenvalue weighted by molar-refractivity contribution is 0.320. The molecule has 0 aliphatic rings. The Morgan fingerprint density at radius 1 is 1.29 bits per heavy atom. The van der Waals surface area contributed by atoms with Gasteiger partial charge in [0.1, 0.15) is 0 Å². The van der Waals surface area contributed by atoms with E-state index >= 15 is 0 Å². The summed E-state index contributed by atoms with van der Waals surface area (Å²) in [6.07, 6.45) is 1.11. The molecule has 76 valence electrons. The highest BCUT2D eigenvalue weighted by molar-refractivity contribution is 5.85. The maximum Gasteiger partial charge on any atom is 0.203 e. The molecule has 0 heterocycles. The molecule has 0 aliphatic heterocycles. The van der Waals surface area contributed by atoms with Gasteiger partial charge in [-0.3, -0.25) is 0 Å². The molecular formula is C9H11NO4. The highest BCUT2D eigenvalue weighted by Gasteiger charge is 2.12. The van der Waals surface area contributed by atoms with Crippen molar-refractivity contribution in [1.29, 1.82) is 0 Å². The van der Waals surface area contributed by atoms with Crippen LogP contribution in [0.3, 0.4) is 0 Å². The van der Waals surface area contributed by atoms with E-state index in [1.165, 1.54) is 14.2 Å². The van der Waals surface area contributed by atoms with Crippen LogP contribution in [-0.4, -0.2) is 30.7 Å². The van der Waals surface area contributed by atoms with Crippen LogP contribution in [-0.2, 0) is 0 Å². The predicted molar refractivity (Wildman–Crippen MR) is 50.6 cm³/mol. The number of ether oxygens (including phenoxy) is 2. The largest absolute Gasteiger partial charge is 0.504 e. The van der Waals surface area contributed by atoms with Crippen molar-refractivity contribution < 1.29 is 19.8 Å². The zero-order valence-corrected chi connectivity index (χ0v) is 7.89. The second-order valence-electron chi connectivity index (χ2n) is 2.48. The van der Waals surface area contributed by atoms with Crippen LogP contribution < -0.4 is 9.47 Å². The number of rotatable bonds is 3. The van der Waals surface area contributed by atoms with Crippen molar-refractivity contribution in [2.75, 3.05) is 14.2 Å². The molecule has 2 N–H and O–H groups in total. The quantitative estimate of drug-likeness (QED) is 0.434. The molecule has 0 unspecified atom stereocenters. The first-order valence-electron chi connectivity index (χ1n) is 3.86. The highest BCUT2D eigenvalue weighted by Crippen LogP contribution is 2.37. The molecule has 0 bridgehead atoms. The number of benzene rings is 1. The molecule has 0 aliphatic carbocycles. The van der Waals surface area contributed by atoms with Crippen molar-refractivity contribution in [1.82, 2.24) is 0 Å². The van der Waals surface area contributed by atoms with Crippen molar-refractivity contribution in [2.45, 2.75) is 0 Å². The molecule has 5 heteroatoms. The first kappa shape index (κ1) is 10.2. The second kappa shape index (κ2) is 4.36. The Balaban J connectivity index is 3.27.